The van der Waals surface area contributed by atoms with Gasteiger partial charge in [0.25, 0.3) is 5.91 Å². The Balaban J connectivity index is 1.83. The third-order valence-electron chi connectivity index (χ3n) is 3.63. The summed E-state index contributed by atoms with van der Waals surface area (Å²) in [5, 5.41) is 2.88. The summed E-state index contributed by atoms with van der Waals surface area (Å²) in [7, 11) is 0. The van der Waals surface area contributed by atoms with Gasteiger partial charge in [-0.25, -0.2) is 4.98 Å². The molecular formula is C18H17N3O2. The maximum atomic E-state index is 12.6. The van der Waals surface area contributed by atoms with E-state index in [1.165, 1.54) is 0 Å². The quantitative estimate of drug-likeness (QED) is 0.883. The first-order valence-electron chi connectivity index (χ1n) is 7.43. The van der Waals surface area contributed by atoms with E-state index in [0.29, 0.717) is 30.3 Å². The first-order valence-corrected chi connectivity index (χ1v) is 7.43. The molecule has 0 atom stereocenters. The van der Waals surface area contributed by atoms with Gasteiger partial charge in [0, 0.05) is 30.5 Å². The van der Waals surface area contributed by atoms with Crippen molar-refractivity contribution in [1.29, 1.82) is 0 Å². The van der Waals surface area contributed by atoms with Crippen molar-refractivity contribution in [1.82, 2.24) is 4.98 Å². The molecule has 1 aromatic heterocycles. The van der Waals surface area contributed by atoms with Crippen molar-refractivity contribution in [2.75, 3.05) is 36.5 Å². The van der Waals surface area contributed by atoms with E-state index in [-0.39, 0.29) is 5.91 Å². The van der Waals surface area contributed by atoms with Gasteiger partial charge in [-0.05, 0) is 30.3 Å². The number of ether oxygens (including phenoxy) is 1. The van der Waals surface area contributed by atoms with Gasteiger partial charge in [0.05, 0.1) is 18.8 Å². The minimum Gasteiger partial charge on any atom is -0.378 e. The molecule has 0 spiro atoms. The second-order valence-electron chi connectivity index (χ2n) is 5.15. The summed E-state index contributed by atoms with van der Waals surface area (Å²) in [5.74, 6) is 3.04. The number of nitrogens with zero attached hydrogens (tertiary/aromatic N) is 2. The molecule has 23 heavy (non-hydrogen) atoms. The highest BCUT2D eigenvalue weighted by atomic mass is 16.5. The number of hydrogen-bond donors (Lipinski definition) is 1. The number of carbonyl (C=O) groups is 1. The topological polar surface area (TPSA) is 54.5 Å². The molecule has 1 fully saturated rings. The Kier molecular flexibility index (Phi) is 4.55. The molecule has 2 heterocycles. The van der Waals surface area contributed by atoms with Crippen molar-refractivity contribution in [3.63, 3.8) is 0 Å². The zero-order valence-corrected chi connectivity index (χ0v) is 12.7. The van der Waals surface area contributed by atoms with Gasteiger partial charge in [-0.1, -0.05) is 12.0 Å². The van der Waals surface area contributed by atoms with Crippen molar-refractivity contribution in [3.8, 4) is 12.3 Å². The van der Waals surface area contributed by atoms with Crippen LogP contribution in [0.25, 0.3) is 0 Å². The molecule has 0 radical (unpaired) electrons. The Bertz CT molecular complexity index is 746. The molecule has 1 aliphatic rings. The maximum absolute atomic E-state index is 12.6. The lowest BCUT2D eigenvalue weighted by Crippen LogP contribution is -2.38. The van der Waals surface area contributed by atoms with Crippen LogP contribution in [-0.4, -0.2) is 37.2 Å². The fraction of sp³-hybridized carbons (Fsp3) is 0.222. The highest BCUT2D eigenvalue weighted by Gasteiger charge is 2.19. The SMILES string of the molecule is C#Cc1cccc(NC(=O)c2cccnc2N2CCOCC2)c1. The number of aromatic nitrogens is 1. The largest absolute Gasteiger partial charge is 0.378 e. The number of anilines is 2. The van der Waals surface area contributed by atoms with E-state index in [0.717, 1.165) is 18.7 Å². The maximum Gasteiger partial charge on any atom is 0.259 e. The molecule has 2 aromatic rings. The van der Waals surface area contributed by atoms with E-state index in [9.17, 15) is 4.79 Å². The summed E-state index contributed by atoms with van der Waals surface area (Å²) in [4.78, 5) is 19.1. The Morgan fingerprint density at radius 2 is 2.09 bits per heavy atom. The minimum atomic E-state index is -0.200. The zero-order chi connectivity index (χ0) is 16.1. The van der Waals surface area contributed by atoms with Crippen LogP contribution in [0.5, 0.6) is 0 Å². The molecule has 3 rings (SSSR count). The third-order valence-corrected chi connectivity index (χ3v) is 3.63. The van der Waals surface area contributed by atoms with Gasteiger partial charge >= 0.3 is 0 Å². The number of benzene rings is 1. The summed E-state index contributed by atoms with van der Waals surface area (Å²) in [5.41, 5.74) is 1.94. The van der Waals surface area contributed by atoms with E-state index in [4.69, 9.17) is 11.2 Å². The highest BCUT2D eigenvalue weighted by molar-refractivity contribution is 6.07. The van der Waals surface area contributed by atoms with Crippen LogP contribution in [0.3, 0.4) is 0 Å². The van der Waals surface area contributed by atoms with E-state index >= 15 is 0 Å². The van der Waals surface area contributed by atoms with Gasteiger partial charge in [-0.15, -0.1) is 6.42 Å². The van der Waals surface area contributed by atoms with Crippen molar-refractivity contribution in [3.05, 3.63) is 53.7 Å². The zero-order valence-electron chi connectivity index (χ0n) is 12.7. The monoisotopic (exact) mass is 307 g/mol. The second-order valence-corrected chi connectivity index (χ2v) is 5.15. The van der Waals surface area contributed by atoms with Crippen LogP contribution in [0.1, 0.15) is 15.9 Å². The molecule has 5 heteroatoms. The van der Waals surface area contributed by atoms with Gasteiger partial charge in [-0.2, -0.15) is 0 Å². The number of nitrogens with one attached hydrogen (secondary N) is 1. The summed E-state index contributed by atoms with van der Waals surface area (Å²) >= 11 is 0. The van der Waals surface area contributed by atoms with Crippen LogP contribution >= 0.6 is 0 Å². The van der Waals surface area contributed by atoms with Crippen LogP contribution in [0.4, 0.5) is 11.5 Å². The third kappa shape index (κ3) is 3.50. The number of hydrogen-bond acceptors (Lipinski definition) is 4. The van der Waals surface area contributed by atoms with E-state index in [1.54, 1.807) is 24.4 Å². The molecule has 1 aliphatic heterocycles. The standard InChI is InChI=1S/C18H17N3O2/c1-2-14-5-3-6-15(13-14)20-18(22)16-7-4-8-19-17(16)21-9-11-23-12-10-21/h1,3-8,13H,9-12H2,(H,20,22). The Hall–Kier alpha value is -2.84. The highest BCUT2D eigenvalue weighted by Crippen LogP contribution is 2.20. The Morgan fingerprint density at radius 1 is 1.26 bits per heavy atom. The molecule has 0 unspecified atom stereocenters. The van der Waals surface area contributed by atoms with Crippen molar-refractivity contribution < 1.29 is 9.53 Å². The first kappa shape index (κ1) is 15.1. The summed E-state index contributed by atoms with van der Waals surface area (Å²) in [6, 6.07) is 10.7. The Morgan fingerprint density at radius 3 is 2.87 bits per heavy atom. The minimum absolute atomic E-state index is 0.200. The number of amides is 1. The van der Waals surface area contributed by atoms with Gasteiger partial charge in [0.2, 0.25) is 0 Å². The Labute approximate surface area is 135 Å². The molecular weight excluding hydrogens is 290 g/mol. The lowest BCUT2D eigenvalue weighted by Gasteiger charge is -2.29. The van der Waals surface area contributed by atoms with Crippen LogP contribution < -0.4 is 10.2 Å². The molecule has 1 N–H and O–H groups in total. The van der Waals surface area contributed by atoms with Crippen LogP contribution in [0, 0.1) is 12.3 Å². The van der Waals surface area contributed by atoms with Crippen LogP contribution in [0.2, 0.25) is 0 Å². The van der Waals surface area contributed by atoms with E-state index < -0.39 is 0 Å². The lowest BCUT2D eigenvalue weighted by atomic mass is 10.2. The average molecular weight is 307 g/mol. The van der Waals surface area contributed by atoms with Crippen LogP contribution in [-0.2, 0) is 4.74 Å². The second kappa shape index (κ2) is 6.95. The molecule has 0 aliphatic carbocycles. The van der Waals surface area contributed by atoms with Gasteiger partial charge in [0.1, 0.15) is 5.82 Å². The van der Waals surface area contributed by atoms with Crippen molar-refractivity contribution in [2.24, 2.45) is 0 Å². The first-order chi connectivity index (χ1) is 11.3. The van der Waals surface area contributed by atoms with E-state index in [2.05, 4.69) is 21.1 Å². The number of terminal acetylenes is 1. The van der Waals surface area contributed by atoms with Gasteiger partial charge < -0.3 is 15.0 Å². The predicted molar refractivity (Wildman–Crippen MR) is 89.6 cm³/mol. The van der Waals surface area contributed by atoms with Gasteiger partial charge in [0.15, 0.2) is 0 Å². The van der Waals surface area contributed by atoms with Crippen LogP contribution in [0.15, 0.2) is 42.6 Å². The molecule has 0 bridgehead atoms. The smallest absolute Gasteiger partial charge is 0.259 e. The fourth-order valence-corrected chi connectivity index (χ4v) is 2.49. The summed E-state index contributed by atoms with van der Waals surface area (Å²) < 4.78 is 5.35. The van der Waals surface area contributed by atoms with Crippen molar-refractivity contribution >= 4 is 17.4 Å². The molecule has 5 nitrogen and oxygen atoms in total. The predicted octanol–water partition coefficient (Wildman–Crippen LogP) is 2.15. The van der Waals surface area contributed by atoms with Crippen molar-refractivity contribution in [2.45, 2.75) is 0 Å². The number of rotatable bonds is 3. The molecule has 1 aromatic carbocycles. The average Bonchev–Trinajstić information content (AvgIpc) is 2.62. The normalized spacial score (nSPS) is 14.1. The number of carbonyl (C=O) groups excluding carboxylic acids is 1. The lowest BCUT2D eigenvalue weighted by molar-refractivity contribution is 0.102. The molecule has 116 valence electrons. The molecule has 0 saturated carbocycles. The number of pyridine rings is 1. The molecule has 1 saturated heterocycles. The van der Waals surface area contributed by atoms with E-state index in [1.807, 2.05) is 18.2 Å². The fourth-order valence-electron chi connectivity index (χ4n) is 2.49. The summed E-state index contributed by atoms with van der Waals surface area (Å²) in [6.45, 7) is 2.73. The summed E-state index contributed by atoms with van der Waals surface area (Å²) in [6.07, 6.45) is 7.09. The van der Waals surface area contributed by atoms with Gasteiger partial charge in [-0.3, -0.25) is 4.79 Å². The number of morpholine rings is 1. The molecule has 1 amide bonds.